The highest BCUT2D eigenvalue weighted by Crippen LogP contribution is 2.52. The van der Waals surface area contributed by atoms with Crippen LogP contribution in [0.3, 0.4) is 0 Å². The lowest BCUT2D eigenvalue weighted by Gasteiger charge is -2.16. The summed E-state index contributed by atoms with van der Waals surface area (Å²) in [6.45, 7) is -1.31. The van der Waals surface area contributed by atoms with Crippen molar-refractivity contribution in [2.45, 2.75) is 6.42 Å². The number of likely N-dealkylation sites (tertiary alicyclic amines) is 1. The number of ether oxygens (including phenoxy) is 2. The number of nitro groups is 1. The van der Waals surface area contributed by atoms with Crippen LogP contribution in [0, 0.1) is 33.8 Å². The van der Waals surface area contributed by atoms with Gasteiger partial charge in [0, 0.05) is 12.1 Å². The van der Waals surface area contributed by atoms with E-state index in [-0.39, 0.29) is 40.8 Å². The molecule has 1 aromatic rings. The third-order valence-electron chi connectivity index (χ3n) is 5.89. The molecule has 1 aromatic carbocycles. The molecule has 3 aliphatic rings. The molecule has 3 amide bonds. The monoisotopic (exact) mass is 429 g/mol. The van der Waals surface area contributed by atoms with Crippen LogP contribution < -0.4 is 10.1 Å². The highest BCUT2D eigenvalue weighted by atomic mass is 16.6. The first-order valence-electron chi connectivity index (χ1n) is 9.61. The molecule has 1 saturated heterocycles. The molecule has 162 valence electrons. The zero-order valence-corrected chi connectivity index (χ0v) is 16.5. The van der Waals surface area contributed by atoms with Gasteiger partial charge in [0.15, 0.2) is 6.61 Å². The second-order valence-corrected chi connectivity index (χ2v) is 7.61. The van der Waals surface area contributed by atoms with Gasteiger partial charge in [-0.2, -0.15) is 0 Å². The summed E-state index contributed by atoms with van der Waals surface area (Å²) in [4.78, 5) is 60.7. The van der Waals surface area contributed by atoms with Gasteiger partial charge in [-0.25, -0.2) is 0 Å². The summed E-state index contributed by atoms with van der Waals surface area (Å²) in [6.07, 6.45) is 4.67. The Morgan fingerprint density at radius 3 is 2.42 bits per heavy atom. The molecule has 11 nitrogen and oxygen atoms in total. The molecule has 0 aromatic heterocycles. The maximum atomic E-state index is 12.6. The first-order chi connectivity index (χ1) is 14.8. The van der Waals surface area contributed by atoms with E-state index in [0.29, 0.717) is 0 Å². The highest BCUT2D eigenvalue weighted by molar-refractivity contribution is 6.08. The standard InChI is InChI=1S/C20H19N3O8/c1-30-12-4-5-14(23(28)29)13(7-12)21-15(24)9-31-16(25)8-22-19(26)17-10-2-3-11(6-10)18(17)20(22)27/h2-5,7,10-11,17-18H,6,8-9H2,1H3,(H,21,24)/t10-,11-,17-,18-/m0/s1. The molecule has 1 saturated carbocycles. The van der Waals surface area contributed by atoms with Gasteiger partial charge >= 0.3 is 5.97 Å². The molecule has 2 aliphatic carbocycles. The summed E-state index contributed by atoms with van der Waals surface area (Å²) in [5, 5.41) is 13.4. The minimum atomic E-state index is -0.919. The van der Waals surface area contributed by atoms with Gasteiger partial charge in [-0.05, 0) is 24.3 Å². The van der Waals surface area contributed by atoms with Gasteiger partial charge in [-0.3, -0.25) is 34.2 Å². The molecule has 2 bridgehead atoms. The summed E-state index contributed by atoms with van der Waals surface area (Å²) in [5.41, 5.74) is -0.477. The van der Waals surface area contributed by atoms with Crippen LogP contribution in [-0.2, 0) is 23.9 Å². The lowest BCUT2D eigenvalue weighted by Crippen LogP contribution is -2.38. The summed E-state index contributed by atoms with van der Waals surface area (Å²) < 4.78 is 9.85. The number of carbonyl (C=O) groups excluding carboxylic acids is 4. The van der Waals surface area contributed by atoms with Gasteiger partial charge in [-0.15, -0.1) is 0 Å². The molecule has 1 N–H and O–H groups in total. The summed E-state index contributed by atoms with van der Waals surface area (Å²) in [5.74, 6) is -3.02. The van der Waals surface area contributed by atoms with Gasteiger partial charge in [0.25, 0.3) is 11.6 Å². The lowest BCUT2D eigenvalue weighted by molar-refractivity contribution is -0.383. The van der Waals surface area contributed by atoms with E-state index in [9.17, 15) is 29.3 Å². The Kier molecular flexibility index (Phi) is 5.17. The average Bonchev–Trinajstić information content (AvgIpc) is 3.42. The summed E-state index contributed by atoms with van der Waals surface area (Å²) >= 11 is 0. The van der Waals surface area contributed by atoms with Crippen molar-refractivity contribution in [2.24, 2.45) is 23.7 Å². The number of hydrogen-bond acceptors (Lipinski definition) is 8. The average molecular weight is 429 g/mol. The fourth-order valence-electron chi connectivity index (χ4n) is 4.53. The number of rotatable bonds is 7. The molecule has 11 heteroatoms. The van der Waals surface area contributed by atoms with E-state index in [1.807, 2.05) is 12.2 Å². The van der Waals surface area contributed by atoms with Crippen LogP contribution >= 0.6 is 0 Å². The van der Waals surface area contributed by atoms with Gasteiger partial charge in [0.1, 0.15) is 18.0 Å². The lowest BCUT2D eigenvalue weighted by atomic mass is 9.85. The maximum Gasteiger partial charge on any atom is 0.326 e. The molecule has 31 heavy (non-hydrogen) atoms. The molecule has 0 unspecified atom stereocenters. The predicted molar refractivity (Wildman–Crippen MR) is 104 cm³/mol. The van der Waals surface area contributed by atoms with Gasteiger partial charge < -0.3 is 14.8 Å². The molecule has 1 heterocycles. The number of imide groups is 1. The van der Waals surface area contributed by atoms with Crippen molar-refractivity contribution in [3.05, 3.63) is 40.5 Å². The van der Waals surface area contributed by atoms with Crippen LogP contribution in [0.25, 0.3) is 0 Å². The van der Waals surface area contributed by atoms with Crippen LogP contribution in [0.4, 0.5) is 11.4 Å². The Balaban J connectivity index is 1.33. The Morgan fingerprint density at radius 1 is 1.19 bits per heavy atom. The Hall–Kier alpha value is -3.76. The molecule has 1 aliphatic heterocycles. The molecular weight excluding hydrogens is 410 g/mol. The zero-order chi connectivity index (χ0) is 22.3. The Morgan fingerprint density at radius 2 is 1.84 bits per heavy atom. The number of carbonyl (C=O) groups is 4. The highest BCUT2D eigenvalue weighted by Gasteiger charge is 2.59. The fourth-order valence-corrected chi connectivity index (χ4v) is 4.53. The second-order valence-electron chi connectivity index (χ2n) is 7.61. The van der Waals surface area contributed by atoms with Crippen LogP contribution in [0.15, 0.2) is 30.4 Å². The van der Waals surface area contributed by atoms with Gasteiger partial charge in [0.05, 0.1) is 23.9 Å². The number of nitrogens with one attached hydrogen (secondary N) is 1. The van der Waals surface area contributed by atoms with E-state index >= 15 is 0 Å². The number of methoxy groups -OCH3 is 1. The van der Waals surface area contributed by atoms with Crippen molar-refractivity contribution in [3.8, 4) is 5.75 Å². The number of fused-ring (bicyclic) bond motifs is 5. The van der Waals surface area contributed by atoms with Crippen molar-refractivity contribution in [3.63, 3.8) is 0 Å². The van der Waals surface area contributed by atoms with Crippen molar-refractivity contribution < 1.29 is 33.6 Å². The number of allylic oxidation sites excluding steroid dienone is 2. The largest absolute Gasteiger partial charge is 0.497 e. The van der Waals surface area contributed by atoms with E-state index in [1.54, 1.807) is 0 Å². The number of hydrogen-bond donors (Lipinski definition) is 1. The molecule has 4 rings (SSSR count). The number of benzene rings is 1. The first-order valence-corrected chi connectivity index (χ1v) is 9.61. The van der Waals surface area contributed by atoms with Crippen molar-refractivity contribution in [1.29, 1.82) is 0 Å². The third kappa shape index (κ3) is 3.62. The topological polar surface area (TPSA) is 145 Å². The van der Waals surface area contributed by atoms with E-state index in [1.165, 1.54) is 25.3 Å². The normalized spacial score (nSPS) is 25.5. The minimum absolute atomic E-state index is 0.0249. The van der Waals surface area contributed by atoms with E-state index in [0.717, 1.165) is 11.3 Å². The first kappa shape index (κ1) is 20.5. The third-order valence-corrected chi connectivity index (χ3v) is 5.89. The summed E-state index contributed by atoms with van der Waals surface area (Å²) in [6, 6.07) is 3.80. The maximum absolute atomic E-state index is 12.6. The van der Waals surface area contributed by atoms with E-state index in [2.05, 4.69) is 5.32 Å². The summed E-state index contributed by atoms with van der Waals surface area (Å²) in [7, 11) is 1.37. The number of amides is 3. The van der Waals surface area contributed by atoms with Crippen LogP contribution in [0.2, 0.25) is 0 Å². The molecule has 4 atom stereocenters. The number of esters is 1. The predicted octanol–water partition coefficient (Wildman–Crippen LogP) is 0.892. The number of anilines is 1. The van der Waals surface area contributed by atoms with E-state index < -0.39 is 41.8 Å². The minimum Gasteiger partial charge on any atom is -0.497 e. The van der Waals surface area contributed by atoms with Crippen molar-refractivity contribution >= 4 is 35.1 Å². The molecule has 0 radical (unpaired) electrons. The smallest absolute Gasteiger partial charge is 0.326 e. The molecular formula is C20H19N3O8. The van der Waals surface area contributed by atoms with Gasteiger partial charge in [0.2, 0.25) is 11.8 Å². The zero-order valence-electron chi connectivity index (χ0n) is 16.5. The van der Waals surface area contributed by atoms with Crippen LogP contribution in [-0.4, -0.2) is 53.8 Å². The Bertz CT molecular complexity index is 990. The number of nitro benzene ring substituents is 1. The van der Waals surface area contributed by atoms with Crippen molar-refractivity contribution in [2.75, 3.05) is 25.6 Å². The SMILES string of the molecule is COc1ccc([N+](=O)[O-])c(NC(=O)COC(=O)CN2C(=O)[C@@H]3[C@@H](C2=O)[C@H]2C=C[C@H]3C2)c1. The fraction of sp³-hybridized carbons (Fsp3) is 0.400. The van der Waals surface area contributed by atoms with Crippen molar-refractivity contribution in [1.82, 2.24) is 4.90 Å². The van der Waals surface area contributed by atoms with Crippen LogP contribution in [0.5, 0.6) is 5.75 Å². The van der Waals surface area contributed by atoms with Gasteiger partial charge in [-0.1, -0.05) is 12.2 Å². The second kappa shape index (κ2) is 7.82. The number of nitrogens with zero attached hydrogens (tertiary/aromatic N) is 2. The molecule has 2 fully saturated rings. The van der Waals surface area contributed by atoms with Crippen LogP contribution in [0.1, 0.15) is 6.42 Å². The molecule has 0 spiro atoms. The quantitative estimate of drug-likeness (QED) is 0.221. The Labute approximate surface area is 176 Å². The van der Waals surface area contributed by atoms with E-state index in [4.69, 9.17) is 9.47 Å².